The lowest BCUT2D eigenvalue weighted by molar-refractivity contribution is -0.139. The smallest absolute Gasteiger partial charge is 0.420 e. The molecule has 0 aliphatic heterocycles. The molecular weight excluding hydrogens is 331 g/mol. The number of hydrogen-bond acceptors (Lipinski definition) is 2. The number of rotatable bonds is 8. The van der Waals surface area contributed by atoms with Crippen LogP contribution in [-0.2, 0) is 11.0 Å². The van der Waals surface area contributed by atoms with Crippen LogP contribution in [0.1, 0.15) is 58.4 Å². The molecule has 0 aromatic heterocycles. The molecule has 1 aliphatic carbocycles. The molecule has 0 atom stereocenters. The van der Waals surface area contributed by atoms with E-state index in [-0.39, 0.29) is 29.4 Å². The van der Waals surface area contributed by atoms with Crippen molar-refractivity contribution in [2.24, 2.45) is 11.3 Å². The fourth-order valence-electron chi connectivity index (χ4n) is 2.84. The normalized spacial score (nSPS) is 16.0. The van der Waals surface area contributed by atoms with Gasteiger partial charge in [0.05, 0.1) is 12.2 Å². The molecule has 2 rings (SSSR count). The summed E-state index contributed by atoms with van der Waals surface area (Å²) in [7, 11) is 0. The van der Waals surface area contributed by atoms with Gasteiger partial charge in [-0.3, -0.25) is 4.79 Å². The Labute approximate surface area is 146 Å². The second-order valence-corrected chi connectivity index (χ2v) is 7.22. The summed E-state index contributed by atoms with van der Waals surface area (Å²) in [4.78, 5) is 12.4. The maximum atomic E-state index is 13.3. The van der Waals surface area contributed by atoms with Crippen molar-refractivity contribution < 1.29 is 22.7 Å². The van der Waals surface area contributed by atoms with Gasteiger partial charge in [0, 0.05) is 11.1 Å². The zero-order valence-corrected chi connectivity index (χ0v) is 15.0. The average Bonchev–Trinajstić information content (AvgIpc) is 3.28. The van der Waals surface area contributed by atoms with Crippen molar-refractivity contribution in [3.8, 4) is 5.75 Å². The van der Waals surface area contributed by atoms with E-state index in [1.165, 1.54) is 12.1 Å². The largest absolute Gasteiger partial charge is 0.493 e. The topological polar surface area (TPSA) is 38.3 Å². The second-order valence-electron chi connectivity index (χ2n) is 7.22. The van der Waals surface area contributed by atoms with E-state index in [4.69, 9.17) is 4.74 Å². The highest BCUT2D eigenvalue weighted by Crippen LogP contribution is 2.50. The van der Waals surface area contributed by atoms with Gasteiger partial charge in [-0.15, -0.1) is 0 Å². The van der Waals surface area contributed by atoms with E-state index in [1.54, 1.807) is 0 Å². The molecule has 1 N–H and O–H groups in total. The first-order chi connectivity index (χ1) is 11.7. The number of amides is 1. The Balaban J connectivity index is 2.14. The van der Waals surface area contributed by atoms with Crippen molar-refractivity contribution in [3.63, 3.8) is 0 Å². The van der Waals surface area contributed by atoms with E-state index in [0.29, 0.717) is 12.3 Å². The maximum absolute atomic E-state index is 13.3. The van der Waals surface area contributed by atoms with Gasteiger partial charge in [0.1, 0.15) is 5.75 Å². The van der Waals surface area contributed by atoms with E-state index in [2.05, 4.69) is 5.32 Å². The number of halogens is 3. The van der Waals surface area contributed by atoms with Gasteiger partial charge in [-0.1, -0.05) is 27.2 Å². The van der Waals surface area contributed by atoms with Gasteiger partial charge in [0.2, 0.25) is 5.91 Å². The number of ether oxygens (including phenoxy) is 1. The molecule has 1 amide bonds. The van der Waals surface area contributed by atoms with Crippen molar-refractivity contribution in [3.05, 3.63) is 23.8 Å². The second kappa shape index (κ2) is 7.67. The highest BCUT2D eigenvalue weighted by atomic mass is 19.4. The number of hydrogen-bond donors (Lipinski definition) is 1. The van der Waals surface area contributed by atoms with Crippen LogP contribution in [0.3, 0.4) is 0 Å². The number of anilines is 1. The lowest BCUT2D eigenvalue weighted by atomic mass is 9.99. The van der Waals surface area contributed by atoms with E-state index < -0.39 is 11.7 Å². The first-order valence-corrected chi connectivity index (χ1v) is 8.83. The molecule has 0 saturated heterocycles. The van der Waals surface area contributed by atoms with Crippen molar-refractivity contribution in [2.75, 3.05) is 11.9 Å². The molecule has 1 saturated carbocycles. The van der Waals surface area contributed by atoms with E-state index in [9.17, 15) is 18.0 Å². The summed E-state index contributed by atoms with van der Waals surface area (Å²) >= 11 is 0. The van der Waals surface area contributed by atoms with Crippen LogP contribution in [0.2, 0.25) is 0 Å². The number of carbonyl (C=O) groups excluding carboxylic acids is 1. The molecule has 0 heterocycles. The summed E-state index contributed by atoms with van der Waals surface area (Å²) in [6.07, 6.45) is -0.612. The molecular formula is C19H26F3NO2. The average molecular weight is 357 g/mol. The number of alkyl halides is 3. The Morgan fingerprint density at radius 2 is 2.00 bits per heavy atom. The summed E-state index contributed by atoms with van der Waals surface area (Å²) in [6, 6.07) is 3.72. The highest BCUT2D eigenvalue weighted by molar-refractivity contribution is 5.97. The van der Waals surface area contributed by atoms with Gasteiger partial charge in [0.15, 0.2) is 0 Å². The fraction of sp³-hybridized carbons (Fsp3) is 0.632. The van der Waals surface area contributed by atoms with Crippen LogP contribution >= 0.6 is 0 Å². The van der Waals surface area contributed by atoms with Crippen LogP contribution in [-0.4, -0.2) is 12.5 Å². The molecule has 140 valence electrons. The molecule has 1 aromatic carbocycles. The van der Waals surface area contributed by atoms with Gasteiger partial charge in [0.25, 0.3) is 0 Å². The fourth-order valence-corrected chi connectivity index (χ4v) is 2.84. The standard InChI is InChI=1S/C19H26F3NO2/c1-4-8-18(9-10-18)17(24)23-14-5-6-16(25-11-7-13(2)3)15(12-14)19(20,21)22/h5-6,12-13H,4,7-11H2,1-3H3,(H,23,24). The summed E-state index contributed by atoms with van der Waals surface area (Å²) in [5.74, 6) is -0.0296. The minimum Gasteiger partial charge on any atom is -0.493 e. The highest BCUT2D eigenvalue weighted by Gasteiger charge is 2.48. The van der Waals surface area contributed by atoms with Crippen molar-refractivity contribution >= 4 is 11.6 Å². The third-order valence-corrected chi connectivity index (χ3v) is 4.56. The molecule has 1 aromatic rings. The minimum absolute atomic E-state index is 0.163. The molecule has 0 unspecified atom stereocenters. The lowest BCUT2D eigenvalue weighted by Gasteiger charge is -2.18. The summed E-state index contributed by atoms with van der Waals surface area (Å²) < 4.78 is 45.3. The van der Waals surface area contributed by atoms with Gasteiger partial charge in [-0.25, -0.2) is 0 Å². The van der Waals surface area contributed by atoms with Crippen LogP contribution in [0, 0.1) is 11.3 Å². The molecule has 25 heavy (non-hydrogen) atoms. The predicted octanol–water partition coefficient (Wildman–Crippen LogP) is 5.65. The predicted molar refractivity (Wildman–Crippen MR) is 91.6 cm³/mol. The molecule has 3 nitrogen and oxygen atoms in total. The van der Waals surface area contributed by atoms with E-state index in [1.807, 2.05) is 20.8 Å². The van der Waals surface area contributed by atoms with Crippen molar-refractivity contribution in [1.29, 1.82) is 0 Å². The third-order valence-electron chi connectivity index (χ3n) is 4.56. The number of carbonyl (C=O) groups is 1. The Morgan fingerprint density at radius 3 is 2.52 bits per heavy atom. The Morgan fingerprint density at radius 1 is 1.32 bits per heavy atom. The van der Waals surface area contributed by atoms with Crippen LogP contribution in [0.4, 0.5) is 18.9 Å². The van der Waals surface area contributed by atoms with E-state index in [0.717, 1.165) is 31.7 Å². The molecule has 0 bridgehead atoms. The van der Waals surface area contributed by atoms with Crippen LogP contribution < -0.4 is 10.1 Å². The molecule has 0 spiro atoms. The Bertz CT molecular complexity index is 607. The SMILES string of the molecule is CCCC1(C(=O)Nc2ccc(OCCC(C)C)c(C(F)(F)F)c2)CC1. The van der Waals surface area contributed by atoms with Crippen molar-refractivity contribution in [1.82, 2.24) is 0 Å². The van der Waals surface area contributed by atoms with Gasteiger partial charge < -0.3 is 10.1 Å². The third kappa shape index (κ3) is 5.13. The zero-order valence-electron chi connectivity index (χ0n) is 15.0. The number of nitrogens with one attached hydrogen (secondary N) is 1. The maximum Gasteiger partial charge on any atom is 0.420 e. The monoisotopic (exact) mass is 357 g/mol. The molecule has 0 radical (unpaired) electrons. The van der Waals surface area contributed by atoms with Crippen molar-refractivity contribution in [2.45, 2.75) is 59.1 Å². The number of benzene rings is 1. The summed E-state index contributed by atoms with van der Waals surface area (Å²) in [5, 5.41) is 2.65. The Kier molecular flexibility index (Phi) is 6.01. The molecule has 6 heteroatoms. The van der Waals surface area contributed by atoms with Gasteiger partial charge in [-0.05, 0) is 49.8 Å². The first-order valence-electron chi connectivity index (χ1n) is 8.83. The van der Waals surface area contributed by atoms with Gasteiger partial charge in [-0.2, -0.15) is 13.2 Å². The molecule has 1 aliphatic rings. The van der Waals surface area contributed by atoms with Crippen LogP contribution in [0.25, 0.3) is 0 Å². The minimum atomic E-state index is -4.53. The molecule has 1 fully saturated rings. The lowest BCUT2D eigenvalue weighted by Crippen LogP contribution is -2.24. The quantitative estimate of drug-likeness (QED) is 0.653. The van der Waals surface area contributed by atoms with E-state index >= 15 is 0 Å². The Hall–Kier alpha value is -1.72. The first kappa shape index (κ1) is 19.6. The zero-order chi connectivity index (χ0) is 18.7. The van der Waals surface area contributed by atoms with Crippen LogP contribution in [0.5, 0.6) is 5.75 Å². The summed E-state index contributed by atoms with van der Waals surface area (Å²) in [6.45, 7) is 6.19. The van der Waals surface area contributed by atoms with Crippen LogP contribution in [0.15, 0.2) is 18.2 Å². The van der Waals surface area contributed by atoms with Gasteiger partial charge >= 0.3 is 6.18 Å². The summed E-state index contributed by atoms with van der Waals surface area (Å²) in [5.41, 5.74) is -1.08.